The second-order valence-electron chi connectivity index (χ2n) is 10.6. The molecule has 0 aliphatic carbocycles. The maximum absolute atomic E-state index is 14.0. The number of nitrogens with zero attached hydrogens (tertiary/aromatic N) is 2. The lowest BCUT2D eigenvalue weighted by atomic mass is 10.1. The number of hydrogen-bond acceptors (Lipinski definition) is 4. The summed E-state index contributed by atoms with van der Waals surface area (Å²) in [6.45, 7) is 11.0. The first-order valence-electron chi connectivity index (χ1n) is 13.3. The van der Waals surface area contributed by atoms with E-state index in [2.05, 4.69) is 5.32 Å². The maximum Gasteiger partial charge on any atom is 0.264 e. The summed E-state index contributed by atoms with van der Waals surface area (Å²) in [5, 5.41) is 2.85. The van der Waals surface area contributed by atoms with Crippen molar-refractivity contribution in [1.29, 1.82) is 0 Å². The monoisotopic (exact) mass is 567 g/mol. The first-order valence-corrected chi connectivity index (χ1v) is 14.7. The Hall–Kier alpha value is -3.72. The van der Waals surface area contributed by atoms with Crippen LogP contribution in [0.1, 0.15) is 43.0 Å². The van der Waals surface area contributed by atoms with E-state index in [1.54, 1.807) is 43.3 Å². The molecule has 0 spiro atoms. The van der Waals surface area contributed by atoms with Gasteiger partial charge in [0.1, 0.15) is 18.4 Å². The summed E-state index contributed by atoms with van der Waals surface area (Å²) in [6, 6.07) is 16.5. The van der Waals surface area contributed by atoms with Crippen molar-refractivity contribution in [3.8, 4) is 0 Å². The lowest BCUT2D eigenvalue weighted by Gasteiger charge is -2.32. The second-order valence-corrected chi connectivity index (χ2v) is 12.5. The number of amides is 2. The standard InChI is InChI=1S/C31H38FN3O4S/c1-21(2)18-33-31(37)25(6)34(19-26-9-11-27(32)12-10-26)30(36)20-35(28-16-23(4)15-24(5)17-28)40(38,39)29-13-7-22(3)8-14-29/h7-17,21,25H,18-20H2,1-6H3,(H,33,37)/t25-/m1/s1. The lowest BCUT2D eigenvalue weighted by molar-refractivity contribution is -0.139. The van der Waals surface area contributed by atoms with Crippen molar-refractivity contribution >= 4 is 27.5 Å². The van der Waals surface area contributed by atoms with Crippen LogP contribution < -0.4 is 9.62 Å². The van der Waals surface area contributed by atoms with Crippen LogP contribution in [0.2, 0.25) is 0 Å². The Morgan fingerprint density at radius 3 is 1.98 bits per heavy atom. The predicted octanol–water partition coefficient (Wildman–Crippen LogP) is 5.14. The molecule has 9 heteroatoms. The van der Waals surface area contributed by atoms with Crippen LogP contribution in [0.25, 0.3) is 0 Å². The van der Waals surface area contributed by atoms with E-state index in [1.807, 2.05) is 40.7 Å². The number of benzene rings is 3. The Labute approximate surface area is 237 Å². The van der Waals surface area contributed by atoms with Crippen molar-refractivity contribution in [2.45, 2.75) is 59.0 Å². The fourth-order valence-corrected chi connectivity index (χ4v) is 5.68. The van der Waals surface area contributed by atoms with E-state index < -0.39 is 34.3 Å². The Morgan fingerprint density at radius 1 is 0.850 bits per heavy atom. The Kier molecular flexibility index (Phi) is 10.1. The van der Waals surface area contributed by atoms with E-state index in [0.29, 0.717) is 17.8 Å². The number of carbonyl (C=O) groups is 2. The molecule has 3 aromatic carbocycles. The first-order chi connectivity index (χ1) is 18.8. The zero-order valence-corrected chi connectivity index (χ0v) is 24.8. The predicted molar refractivity (Wildman–Crippen MR) is 156 cm³/mol. The largest absolute Gasteiger partial charge is 0.354 e. The molecule has 0 radical (unpaired) electrons. The van der Waals surface area contributed by atoms with Gasteiger partial charge < -0.3 is 10.2 Å². The molecule has 3 rings (SSSR count). The van der Waals surface area contributed by atoms with Crippen LogP contribution in [0.5, 0.6) is 0 Å². The summed E-state index contributed by atoms with van der Waals surface area (Å²) in [6.07, 6.45) is 0. The van der Waals surface area contributed by atoms with Crippen LogP contribution in [0.15, 0.2) is 71.6 Å². The normalized spacial score (nSPS) is 12.2. The number of aryl methyl sites for hydroxylation is 3. The molecule has 0 aliphatic heterocycles. The molecule has 7 nitrogen and oxygen atoms in total. The third kappa shape index (κ3) is 7.91. The number of nitrogens with one attached hydrogen (secondary N) is 1. The van der Waals surface area contributed by atoms with Gasteiger partial charge in [-0.3, -0.25) is 13.9 Å². The van der Waals surface area contributed by atoms with Gasteiger partial charge in [-0.25, -0.2) is 12.8 Å². The minimum absolute atomic E-state index is 0.000638. The average Bonchev–Trinajstić information content (AvgIpc) is 2.89. The molecule has 0 aliphatic rings. The number of carbonyl (C=O) groups excluding carboxylic acids is 2. The molecule has 214 valence electrons. The summed E-state index contributed by atoms with van der Waals surface area (Å²) < 4.78 is 42.5. The molecule has 0 bridgehead atoms. The summed E-state index contributed by atoms with van der Waals surface area (Å²) in [4.78, 5) is 28.4. The van der Waals surface area contributed by atoms with Crippen molar-refractivity contribution < 1.29 is 22.4 Å². The van der Waals surface area contributed by atoms with E-state index in [0.717, 1.165) is 21.0 Å². The Bertz CT molecular complexity index is 1420. The van der Waals surface area contributed by atoms with Gasteiger partial charge >= 0.3 is 0 Å². The zero-order valence-electron chi connectivity index (χ0n) is 23.9. The van der Waals surface area contributed by atoms with Crippen LogP contribution in [0, 0.1) is 32.5 Å². The van der Waals surface area contributed by atoms with E-state index in [4.69, 9.17) is 0 Å². The molecule has 0 heterocycles. The molecular weight excluding hydrogens is 529 g/mol. The number of hydrogen-bond donors (Lipinski definition) is 1. The van der Waals surface area contributed by atoms with Gasteiger partial charge in [0.05, 0.1) is 10.6 Å². The molecule has 3 aromatic rings. The van der Waals surface area contributed by atoms with Crippen LogP contribution in [-0.2, 0) is 26.2 Å². The topological polar surface area (TPSA) is 86.8 Å². The van der Waals surface area contributed by atoms with E-state index in [1.165, 1.54) is 29.2 Å². The SMILES string of the molecule is Cc1ccc(S(=O)(=O)N(CC(=O)N(Cc2ccc(F)cc2)[C@H](C)C(=O)NCC(C)C)c2cc(C)cc(C)c2)cc1. The fourth-order valence-electron chi connectivity index (χ4n) is 4.28. The minimum atomic E-state index is -4.14. The van der Waals surface area contributed by atoms with Gasteiger partial charge in [0.15, 0.2) is 0 Å². The van der Waals surface area contributed by atoms with Gasteiger partial charge in [-0.1, -0.05) is 49.7 Å². The number of rotatable bonds is 11. The van der Waals surface area contributed by atoms with Crippen molar-refractivity contribution in [2.24, 2.45) is 5.92 Å². The highest BCUT2D eigenvalue weighted by atomic mass is 32.2. The first kappa shape index (κ1) is 30.8. The minimum Gasteiger partial charge on any atom is -0.354 e. The van der Waals surface area contributed by atoms with Crippen molar-refractivity contribution in [3.63, 3.8) is 0 Å². The van der Waals surface area contributed by atoms with Gasteiger partial charge in [0.2, 0.25) is 11.8 Å². The molecule has 0 aromatic heterocycles. The smallest absolute Gasteiger partial charge is 0.264 e. The summed E-state index contributed by atoms with van der Waals surface area (Å²) >= 11 is 0. The van der Waals surface area contributed by atoms with Crippen LogP contribution >= 0.6 is 0 Å². The molecule has 1 atom stereocenters. The van der Waals surface area contributed by atoms with Crippen molar-refractivity contribution in [1.82, 2.24) is 10.2 Å². The Morgan fingerprint density at radius 2 is 1.43 bits per heavy atom. The average molecular weight is 568 g/mol. The van der Waals surface area contributed by atoms with Gasteiger partial charge in [-0.2, -0.15) is 0 Å². The fraction of sp³-hybridized carbons (Fsp3) is 0.355. The van der Waals surface area contributed by atoms with Crippen molar-refractivity contribution in [2.75, 3.05) is 17.4 Å². The molecule has 0 saturated heterocycles. The number of halogens is 1. The van der Waals surface area contributed by atoms with Crippen LogP contribution in [-0.4, -0.2) is 44.3 Å². The molecule has 0 unspecified atom stereocenters. The zero-order chi connectivity index (χ0) is 29.6. The van der Waals surface area contributed by atoms with Crippen molar-refractivity contribution in [3.05, 3.63) is 94.8 Å². The highest BCUT2D eigenvalue weighted by molar-refractivity contribution is 7.92. The van der Waals surface area contributed by atoms with E-state index >= 15 is 0 Å². The third-order valence-corrected chi connectivity index (χ3v) is 8.29. The quantitative estimate of drug-likeness (QED) is 0.348. The van der Waals surface area contributed by atoms with Gasteiger partial charge in [0.25, 0.3) is 10.0 Å². The number of anilines is 1. The summed E-state index contributed by atoms with van der Waals surface area (Å²) in [5.41, 5.74) is 3.55. The Balaban J connectivity index is 2.04. The highest BCUT2D eigenvalue weighted by Gasteiger charge is 2.32. The summed E-state index contributed by atoms with van der Waals surface area (Å²) in [7, 11) is -4.14. The lowest BCUT2D eigenvalue weighted by Crippen LogP contribution is -2.51. The highest BCUT2D eigenvalue weighted by Crippen LogP contribution is 2.27. The third-order valence-electron chi connectivity index (χ3n) is 6.50. The second kappa shape index (κ2) is 13.1. The molecule has 1 N–H and O–H groups in total. The molecule has 0 saturated carbocycles. The van der Waals surface area contributed by atoms with Gasteiger partial charge in [-0.15, -0.1) is 0 Å². The van der Waals surface area contributed by atoms with E-state index in [-0.39, 0.29) is 23.3 Å². The van der Waals surface area contributed by atoms with Crippen LogP contribution in [0.4, 0.5) is 10.1 Å². The van der Waals surface area contributed by atoms with Crippen LogP contribution in [0.3, 0.4) is 0 Å². The molecule has 40 heavy (non-hydrogen) atoms. The summed E-state index contributed by atoms with van der Waals surface area (Å²) in [5.74, 6) is -1.14. The molecule has 2 amide bonds. The number of sulfonamides is 1. The molecular formula is C31H38FN3O4S. The van der Waals surface area contributed by atoms with Gasteiger partial charge in [-0.05, 0) is 86.7 Å². The molecule has 0 fully saturated rings. The maximum atomic E-state index is 14.0. The van der Waals surface area contributed by atoms with Gasteiger partial charge in [0, 0.05) is 13.1 Å². The van der Waals surface area contributed by atoms with E-state index in [9.17, 15) is 22.4 Å².